The molecule has 6 nitrogen and oxygen atoms in total. The number of phenolic OH excluding ortho intramolecular Hbond substituents is 1. The third kappa shape index (κ3) is 4.28. The van der Waals surface area contributed by atoms with Gasteiger partial charge in [0.1, 0.15) is 23.2 Å². The second kappa shape index (κ2) is 8.22. The Labute approximate surface area is 171 Å². The number of aromatic hydroxyl groups is 1. The van der Waals surface area contributed by atoms with E-state index in [1.807, 2.05) is 50.2 Å². The van der Waals surface area contributed by atoms with Gasteiger partial charge in [0.05, 0.1) is 0 Å². The molecule has 0 spiro atoms. The average Bonchev–Trinajstić information content (AvgIpc) is 3.05. The van der Waals surface area contributed by atoms with Crippen LogP contribution in [0.2, 0.25) is 0 Å². The monoisotopic (exact) mass is 471 g/mol. The molecule has 0 saturated heterocycles. The lowest BCUT2D eigenvalue weighted by Crippen LogP contribution is -1.93. The van der Waals surface area contributed by atoms with Crippen LogP contribution in [0, 0.1) is 25.2 Å². The summed E-state index contributed by atoms with van der Waals surface area (Å²) in [4.78, 5) is 4.34. The van der Waals surface area contributed by atoms with Crippen molar-refractivity contribution in [3.05, 3.63) is 64.2 Å². The van der Waals surface area contributed by atoms with Crippen LogP contribution in [0.3, 0.4) is 0 Å². The lowest BCUT2D eigenvalue weighted by Gasteiger charge is -2.05. The van der Waals surface area contributed by atoms with Gasteiger partial charge in [-0.15, -0.1) is 0 Å². The molecule has 0 aliphatic rings. The summed E-state index contributed by atoms with van der Waals surface area (Å²) in [6.07, 6.45) is 1.64. The summed E-state index contributed by atoms with van der Waals surface area (Å²) >= 11 is 2.31. The zero-order valence-corrected chi connectivity index (χ0v) is 17.1. The molecule has 0 aliphatic carbocycles. The molecule has 0 fully saturated rings. The van der Waals surface area contributed by atoms with Crippen molar-refractivity contribution in [1.29, 1.82) is 5.26 Å². The smallest absolute Gasteiger partial charge is 0.193 e. The topological polar surface area (TPSA) is 97.1 Å². The first-order chi connectivity index (χ1) is 13.0. The fourth-order valence-electron chi connectivity index (χ4n) is 2.70. The van der Waals surface area contributed by atoms with Crippen molar-refractivity contribution < 1.29 is 5.11 Å². The fraction of sp³-hybridized carbons (Fsp3) is 0.150. The largest absolute Gasteiger partial charge is 0.507 e. The SMILES string of the molecule is Cc1cc(C=Nc2n[nH]c(Nc3cccc(CI)c3)c2C#N)cc(C)c1O. The highest BCUT2D eigenvalue weighted by Gasteiger charge is 2.12. The molecular weight excluding hydrogens is 453 g/mol. The summed E-state index contributed by atoms with van der Waals surface area (Å²) in [6, 6.07) is 13.8. The molecule has 136 valence electrons. The summed E-state index contributed by atoms with van der Waals surface area (Å²) in [5.74, 6) is 1.10. The summed E-state index contributed by atoms with van der Waals surface area (Å²) in [7, 11) is 0. The fourth-order valence-corrected chi connectivity index (χ4v) is 3.17. The second-order valence-corrected chi connectivity index (χ2v) is 6.89. The van der Waals surface area contributed by atoms with Gasteiger partial charge in [-0.1, -0.05) is 34.7 Å². The van der Waals surface area contributed by atoms with Crippen molar-refractivity contribution in [2.24, 2.45) is 4.99 Å². The average molecular weight is 471 g/mol. The standard InChI is InChI=1S/C20H18IN5O/c1-12-6-15(7-13(2)18(12)27)11-23-19-17(10-22)20(26-25-19)24-16-5-3-4-14(8-16)9-21/h3-8,11,27H,9H2,1-2H3,(H2,24,25,26). The van der Waals surface area contributed by atoms with Crippen LogP contribution in [-0.2, 0) is 4.43 Å². The van der Waals surface area contributed by atoms with Gasteiger partial charge in [0.15, 0.2) is 5.82 Å². The minimum atomic E-state index is 0.282. The molecule has 0 radical (unpaired) electrons. The van der Waals surface area contributed by atoms with Gasteiger partial charge in [0.25, 0.3) is 0 Å². The van der Waals surface area contributed by atoms with Gasteiger partial charge in [-0.25, -0.2) is 4.99 Å². The van der Waals surface area contributed by atoms with Crippen LogP contribution in [0.5, 0.6) is 5.75 Å². The van der Waals surface area contributed by atoms with E-state index in [0.717, 1.165) is 26.8 Å². The highest BCUT2D eigenvalue weighted by molar-refractivity contribution is 14.1. The van der Waals surface area contributed by atoms with Crippen LogP contribution in [0.1, 0.15) is 27.8 Å². The van der Waals surface area contributed by atoms with E-state index in [0.29, 0.717) is 17.2 Å². The highest BCUT2D eigenvalue weighted by atomic mass is 127. The highest BCUT2D eigenvalue weighted by Crippen LogP contribution is 2.27. The first-order valence-corrected chi connectivity index (χ1v) is 9.79. The lowest BCUT2D eigenvalue weighted by molar-refractivity contribution is 0.467. The van der Waals surface area contributed by atoms with Gasteiger partial charge in [0.2, 0.25) is 0 Å². The number of halogens is 1. The molecule has 0 saturated carbocycles. The number of rotatable bonds is 5. The number of aryl methyl sites for hydroxylation is 2. The van der Waals surface area contributed by atoms with Crippen LogP contribution in [0.4, 0.5) is 17.3 Å². The van der Waals surface area contributed by atoms with Gasteiger partial charge in [-0.2, -0.15) is 10.4 Å². The summed E-state index contributed by atoms with van der Waals surface area (Å²) in [6.45, 7) is 3.67. The van der Waals surface area contributed by atoms with Gasteiger partial charge in [-0.05, 0) is 60.4 Å². The Kier molecular flexibility index (Phi) is 5.76. The molecule has 27 heavy (non-hydrogen) atoms. The number of H-pyrrole nitrogens is 1. The molecule has 3 N–H and O–H groups in total. The number of benzene rings is 2. The number of hydrogen-bond acceptors (Lipinski definition) is 5. The molecule has 2 aromatic carbocycles. The van der Waals surface area contributed by atoms with Crippen LogP contribution < -0.4 is 5.32 Å². The predicted octanol–water partition coefficient (Wildman–Crippen LogP) is 5.03. The number of aromatic nitrogens is 2. The zero-order valence-electron chi connectivity index (χ0n) is 14.9. The second-order valence-electron chi connectivity index (χ2n) is 6.13. The zero-order chi connectivity index (χ0) is 19.4. The molecule has 0 unspecified atom stereocenters. The molecule has 0 bridgehead atoms. The third-order valence-corrected chi connectivity index (χ3v) is 4.94. The molecule has 1 heterocycles. The van der Waals surface area contributed by atoms with Crippen LogP contribution in [-0.4, -0.2) is 21.5 Å². The number of phenols is 1. The van der Waals surface area contributed by atoms with E-state index >= 15 is 0 Å². The third-order valence-electron chi connectivity index (χ3n) is 4.06. The number of hydrogen-bond donors (Lipinski definition) is 3. The van der Waals surface area contributed by atoms with E-state index in [1.165, 1.54) is 5.56 Å². The Morgan fingerprint density at radius 1 is 1.30 bits per heavy atom. The van der Waals surface area contributed by atoms with Gasteiger partial charge >= 0.3 is 0 Å². The number of nitrogens with zero attached hydrogens (tertiary/aromatic N) is 3. The van der Waals surface area contributed by atoms with Crippen molar-refractivity contribution in [1.82, 2.24) is 10.2 Å². The molecule has 0 atom stereocenters. The van der Waals surface area contributed by atoms with Crippen molar-refractivity contribution in [2.75, 3.05) is 5.32 Å². The van der Waals surface area contributed by atoms with E-state index in [4.69, 9.17) is 0 Å². The van der Waals surface area contributed by atoms with Crippen molar-refractivity contribution in [3.8, 4) is 11.8 Å². The van der Waals surface area contributed by atoms with Crippen molar-refractivity contribution >= 4 is 46.1 Å². The molecular formula is C20H18IN5O. The molecule has 3 aromatic rings. The quantitative estimate of drug-likeness (QED) is 0.276. The van der Waals surface area contributed by atoms with Gasteiger partial charge in [0, 0.05) is 16.3 Å². The van der Waals surface area contributed by atoms with E-state index < -0.39 is 0 Å². The Morgan fingerprint density at radius 2 is 2.04 bits per heavy atom. The Hall–Kier alpha value is -2.86. The van der Waals surface area contributed by atoms with Crippen molar-refractivity contribution in [3.63, 3.8) is 0 Å². The summed E-state index contributed by atoms with van der Waals surface area (Å²) in [5, 5.41) is 29.6. The maximum atomic E-state index is 9.87. The van der Waals surface area contributed by atoms with Crippen LogP contribution >= 0.6 is 22.6 Å². The number of nitriles is 1. The first kappa shape index (κ1) is 18.9. The lowest BCUT2D eigenvalue weighted by atomic mass is 10.1. The Bertz CT molecular complexity index is 1030. The van der Waals surface area contributed by atoms with E-state index in [9.17, 15) is 10.4 Å². The number of aromatic amines is 1. The van der Waals surface area contributed by atoms with Gasteiger partial charge < -0.3 is 10.4 Å². The Balaban J connectivity index is 1.87. The summed E-state index contributed by atoms with van der Waals surface area (Å²) in [5.41, 5.74) is 4.80. The number of anilines is 2. The maximum absolute atomic E-state index is 9.87. The van der Waals surface area contributed by atoms with Crippen LogP contribution in [0.15, 0.2) is 41.4 Å². The van der Waals surface area contributed by atoms with E-state index in [-0.39, 0.29) is 5.75 Å². The molecule has 3 rings (SSSR count). The molecule has 0 aliphatic heterocycles. The van der Waals surface area contributed by atoms with Crippen molar-refractivity contribution in [2.45, 2.75) is 18.3 Å². The predicted molar refractivity (Wildman–Crippen MR) is 116 cm³/mol. The normalized spacial score (nSPS) is 10.9. The Morgan fingerprint density at radius 3 is 2.70 bits per heavy atom. The first-order valence-electron chi connectivity index (χ1n) is 8.26. The number of alkyl halides is 1. The maximum Gasteiger partial charge on any atom is 0.193 e. The molecule has 0 amide bonds. The minimum Gasteiger partial charge on any atom is -0.507 e. The van der Waals surface area contributed by atoms with E-state index in [1.54, 1.807) is 6.21 Å². The number of aliphatic imine (C=N–C) groups is 1. The number of nitrogens with one attached hydrogen (secondary N) is 2. The molecule has 7 heteroatoms. The minimum absolute atomic E-state index is 0.282. The van der Waals surface area contributed by atoms with Crippen LogP contribution in [0.25, 0.3) is 0 Å². The summed E-state index contributed by atoms with van der Waals surface area (Å²) < 4.78 is 0.905. The molecule has 1 aromatic heterocycles. The van der Waals surface area contributed by atoms with Gasteiger partial charge in [-0.3, -0.25) is 5.10 Å². The van der Waals surface area contributed by atoms with E-state index in [2.05, 4.69) is 49.2 Å².